The van der Waals surface area contributed by atoms with Crippen LogP contribution in [0.25, 0.3) is 6.08 Å². The summed E-state index contributed by atoms with van der Waals surface area (Å²) in [6.07, 6.45) is 1.82. The Bertz CT molecular complexity index is 934. The molecule has 28 heavy (non-hydrogen) atoms. The number of hydrogen-bond acceptors (Lipinski definition) is 5. The number of fused-ring (bicyclic) bond motifs is 1. The van der Waals surface area contributed by atoms with Crippen LogP contribution in [0.3, 0.4) is 0 Å². The molecule has 1 aliphatic heterocycles. The van der Waals surface area contributed by atoms with E-state index >= 15 is 0 Å². The lowest BCUT2D eigenvalue weighted by Gasteiger charge is -2.15. The van der Waals surface area contributed by atoms with Gasteiger partial charge in [0, 0.05) is 11.8 Å². The minimum absolute atomic E-state index is 0.108. The van der Waals surface area contributed by atoms with Crippen LogP contribution in [0.2, 0.25) is 5.02 Å². The molecule has 0 aromatic heterocycles. The van der Waals surface area contributed by atoms with Crippen molar-refractivity contribution in [2.45, 2.75) is 26.9 Å². The van der Waals surface area contributed by atoms with Crippen LogP contribution in [-0.4, -0.2) is 24.8 Å². The van der Waals surface area contributed by atoms with Crippen molar-refractivity contribution in [1.29, 1.82) is 0 Å². The van der Waals surface area contributed by atoms with E-state index in [1.165, 1.54) is 19.1 Å². The molecule has 0 saturated heterocycles. The molecule has 0 spiro atoms. The summed E-state index contributed by atoms with van der Waals surface area (Å²) in [6.45, 7) is 5.43. The summed E-state index contributed by atoms with van der Waals surface area (Å²) in [7, 11) is 0. The molecular weight excluding hydrogens is 382 g/mol. The second kappa shape index (κ2) is 8.35. The largest absolute Gasteiger partial charge is 0.454 e. The van der Waals surface area contributed by atoms with Crippen LogP contribution in [0.4, 0.5) is 5.69 Å². The van der Waals surface area contributed by atoms with Crippen molar-refractivity contribution in [3.63, 3.8) is 0 Å². The monoisotopic (exact) mass is 401 g/mol. The van der Waals surface area contributed by atoms with Crippen molar-refractivity contribution in [2.24, 2.45) is 0 Å². The molecule has 1 amide bonds. The van der Waals surface area contributed by atoms with Gasteiger partial charge in [-0.05, 0) is 55.7 Å². The maximum atomic E-state index is 12.3. The molecule has 3 rings (SSSR count). The number of rotatable bonds is 5. The molecule has 1 heterocycles. The van der Waals surface area contributed by atoms with Crippen LogP contribution in [0.15, 0.2) is 36.4 Å². The van der Waals surface area contributed by atoms with Crippen LogP contribution in [-0.2, 0) is 14.3 Å². The second-order valence-corrected chi connectivity index (χ2v) is 6.81. The van der Waals surface area contributed by atoms with Gasteiger partial charge in [-0.1, -0.05) is 29.8 Å². The molecule has 1 aliphatic rings. The molecule has 146 valence electrons. The SMILES string of the molecule is Cc1cccc(C)c1NC(=O)[C@@H](C)OC(=O)/C=C/c1cc(Cl)c2c(c1)OCO2. The number of esters is 1. The third-order valence-corrected chi connectivity index (χ3v) is 4.53. The first kappa shape index (κ1) is 19.8. The summed E-state index contributed by atoms with van der Waals surface area (Å²) in [5.74, 6) is -0.0386. The highest BCUT2D eigenvalue weighted by atomic mass is 35.5. The van der Waals surface area contributed by atoms with E-state index in [0.717, 1.165) is 16.8 Å². The number of para-hydroxylation sites is 1. The van der Waals surface area contributed by atoms with Crippen LogP contribution < -0.4 is 14.8 Å². The Morgan fingerprint density at radius 1 is 1.21 bits per heavy atom. The average Bonchev–Trinajstić information content (AvgIpc) is 3.12. The van der Waals surface area contributed by atoms with E-state index in [2.05, 4.69) is 5.32 Å². The Kier molecular flexibility index (Phi) is 5.90. The van der Waals surface area contributed by atoms with Crippen molar-refractivity contribution in [3.8, 4) is 11.5 Å². The molecule has 0 fully saturated rings. The Labute approximate surface area is 168 Å². The minimum Gasteiger partial charge on any atom is -0.454 e. The van der Waals surface area contributed by atoms with E-state index in [1.54, 1.807) is 12.1 Å². The van der Waals surface area contributed by atoms with Crippen molar-refractivity contribution in [1.82, 2.24) is 0 Å². The van der Waals surface area contributed by atoms with E-state index in [9.17, 15) is 9.59 Å². The summed E-state index contributed by atoms with van der Waals surface area (Å²) >= 11 is 6.11. The number of nitrogens with one attached hydrogen (secondary N) is 1. The molecule has 2 aromatic carbocycles. The molecule has 1 N–H and O–H groups in total. The number of ether oxygens (including phenoxy) is 3. The molecule has 0 aliphatic carbocycles. The smallest absolute Gasteiger partial charge is 0.331 e. The number of halogens is 1. The fraction of sp³-hybridized carbons (Fsp3) is 0.238. The normalized spacial score (nSPS) is 13.4. The van der Waals surface area contributed by atoms with Gasteiger partial charge in [-0.25, -0.2) is 4.79 Å². The quantitative estimate of drug-likeness (QED) is 0.598. The highest BCUT2D eigenvalue weighted by molar-refractivity contribution is 6.32. The zero-order valence-electron chi connectivity index (χ0n) is 15.7. The van der Waals surface area contributed by atoms with E-state index in [4.69, 9.17) is 25.8 Å². The van der Waals surface area contributed by atoms with Gasteiger partial charge < -0.3 is 19.5 Å². The van der Waals surface area contributed by atoms with E-state index in [0.29, 0.717) is 22.1 Å². The van der Waals surface area contributed by atoms with E-state index < -0.39 is 18.0 Å². The van der Waals surface area contributed by atoms with Gasteiger partial charge in [0.1, 0.15) is 0 Å². The standard InChI is InChI=1S/C21H20ClNO5/c1-12-5-4-6-13(2)19(12)23-21(25)14(3)28-18(24)8-7-15-9-16(22)20-17(10-15)26-11-27-20/h4-10,14H,11H2,1-3H3,(H,23,25)/b8-7+/t14-/m1/s1. The fourth-order valence-electron chi connectivity index (χ4n) is 2.75. The first-order chi connectivity index (χ1) is 13.3. The summed E-state index contributed by atoms with van der Waals surface area (Å²) in [4.78, 5) is 24.4. The van der Waals surface area contributed by atoms with Crippen LogP contribution >= 0.6 is 11.6 Å². The molecule has 0 saturated carbocycles. The van der Waals surface area contributed by atoms with Gasteiger partial charge in [0.2, 0.25) is 6.79 Å². The van der Waals surface area contributed by atoms with Gasteiger partial charge in [0.25, 0.3) is 5.91 Å². The second-order valence-electron chi connectivity index (χ2n) is 6.41. The maximum absolute atomic E-state index is 12.3. The third-order valence-electron chi connectivity index (χ3n) is 4.25. The Morgan fingerprint density at radius 2 is 1.93 bits per heavy atom. The maximum Gasteiger partial charge on any atom is 0.331 e. The zero-order valence-corrected chi connectivity index (χ0v) is 16.5. The van der Waals surface area contributed by atoms with Crippen molar-refractivity contribution in [2.75, 3.05) is 12.1 Å². The van der Waals surface area contributed by atoms with Gasteiger partial charge in [-0.15, -0.1) is 0 Å². The summed E-state index contributed by atoms with van der Waals surface area (Å²) < 4.78 is 15.7. The lowest BCUT2D eigenvalue weighted by Crippen LogP contribution is -2.30. The minimum atomic E-state index is -0.948. The molecule has 6 nitrogen and oxygen atoms in total. The highest BCUT2D eigenvalue weighted by Crippen LogP contribution is 2.40. The third kappa shape index (κ3) is 4.46. The molecule has 7 heteroatoms. The molecule has 0 bridgehead atoms. The van der Waals surface area contributed by atoms with Crippen molar-refractivity contribution < 1.29 is 23.8 Å². The predicted molar refractivity (Wildman–Crippen MR) is 107 cm³/mol. The summed E-state index contributed by atoms with van der Waals surface area (Å²) in [5.41, 5.74) is 3.25. The lowest BCUT2D eigenvalue weighted by atomic mass is 10.1. The molecule has 0 unspecified atom stereocenters. The highest BCUT2D eigenvalue weighted by Gasteiger charge is 2.19. The van der Waals surface area contributed by atoms with Crippen molar-refractivity contribution >= 4 is 35.2 Å². The predicted octanol–water partition coefficient (Wildman–Crippen LogP) is 4.27. The molecule has 2 aromatic rings. The van der Waals surface area contributed by atoms with Crippen molar-refractivity contribution in [3.05, 3.63) is 58.1 Å². The number of hydrogen-bond donors (Lipinski definition) is 1. The molecule has 0 radical (unpaired) electrons. The van der Waals surface area contributed by atoms with Gasteiger partial charge in [0.15, 0.2) is 17.6 Å². The van der Waals surface area contributed by atoms with Gasteiger partial charge >= 0.3 is 5.97 Å². The Hall–Kier alpha value is -2.99. The van der Waals surface area contributed by atoms with E-state index in [-0.39, 0.29) is 6.79 Å². The number of carbonyl (C=O) groups excluding carboxylic acids is 2. The molecule has 1 atom stereocenters. The van der Waals surface area contributed by atoms with Gasteiger partial charge in [0.05, 0.1) is 5.02 Å². The summed E-state index contributed by atoms with van der Waals surface area (Å²) in [6, 6.07) is 9.07. The van der Waals surface area contributed by atoms with Crippen LogP contribution in [0, 0.1) is 13.8 Å². The zero-order chi connectivity index (χ0) is 20.3. The van der Waals surface area contributed by atoms with Gasteiger partial charge in [-0.3, -0.25) is 4.79 Å². The number of carbonyl (C=O) groups is 2. The fourth-order valence-corrected chi connectivity index (χ4v) is 3.02. The number of aryl methyl sites for hydroxylation is 2. The number of benzene rings is 2. The Balaban J connectivity index is 1.60. The first-order valence-corrected chi connectivity index (χ1v) is 9.08. The average molecular weight is 402 g/mol. The van der Waals surface area contributed by atoms with E-state index in [1.807, 2.05) is 32.0 Å². The first-order valence-electron chi connectivity index (χ1n) is 8.70. The number of amides is 1. The van der Waals surface area contributed by atoms with Crippen LogP contribution in [0.1, 0.15) is 23.6 Å². The van der Waals surface area contributed by atoms with Crippen LogP contribution in [0.5, 0.6) is 11.5 Å². The summed E-state index contributed by atoms with van der Waals surface area (Å²) in [5, 5.41) is 3.20. The topological polar surface area (TPSA) is 73.9 Å². The van der Waals surface area contributed by atoms with Gasteiger partial charge in [-0.2, -0.15) is 0 Å². The lowest BCUT2D eigenvalue weighted by molar-refractivity contribution is -0.148. The molecular formula is C21H20ClNO5. The number of anilines is 1. The Morgan fingerprint density at radius 3 is 2.64 bits per heavy atom.